The highest BCUT2D eigenvalue weighted by molar-refractivity contribution is 5.89. The number of hydrogen-bond donors (Lipinski definition) is 0. The number of methoxy groups -OCH3 is 1. The zero-order valence-corrected chi connectivity index (χ0v) is 14.3. The summed E-state index contributed by atoms with van der Waals surface area (Å²) in [5.41, 5.74) is 0.600. The van der Waals surface area contributed by atoms with Crippen LogP contribution < -0.4 is 4.74 Å². The van der Waals surface area contributed by atoms with Crippen LogP contribution in [0.3, 0.4) is 0 Å². The standard InChI is InChI=1S/C19H28NO3/c1-20-12-4-3-7-18(20)16(6-5-13-20)14-23-19(21)15-8-10-17(22-2)11-9-15/h8-11,16,18H,3-7,12-14H2,1-2H3/q+1/t16-,18-,20+/m0/s1. The third-order valence-electron chi connectivity index (χ3n) is 5.76. The van der Waals surface area contributed by atoms with E-state index in [9.17, 15) is 4.79 Å². The van der Waals surface area contributed by atoms with Gasteiger partial charge < -0.3 is 14.0 Å². The molecule has 4 heteroatoms. The molecule has 0 saturated carbocycles. The van der Waals surface area contributed by atoms with Gasteiger partial charge in [-0.2, -0.15) is 0 Å². The van der Waals surface area contributed by atoms with Gasteiger partial charge in [0.1, 0.15) is 12.4 Å². The van der Waals surface area contributed by atoms with Crippen LogP contribution in [0.25, 0.3) is 0 Å². The first-order chi connectivity index (χ1) is 11.1. The Labute approximate surface area is 139 Å². The Morgan fingerprint density at radius 3 is 2.61 bits per heavy atom. The Morgan fingerprint density at radius 1 is 1.13 bits per heavy atom. The molecule has 0 N–H and O–H groups in total. The van der Waals surface area contributed by atoms with Crippen LogP contribution in [0.2, 0.25) is 0 Å². The van der Waals surface area contributed by atoms with Crippen molar-refractivity contribution >= 4 is 5.97 Å². The zero-order chi connectivity index (χ0) is 16.3. The predicted octanol–water partition coefficient (Wildman–Crippen LogP) is 3.26. The highest BCUT2D eigenvalue weighted by atomic mass is 16.5. The molecule has 0 amide bonds. The minimum Gasteiger partial charge on any atom is -0.497 e. The van der Waals surface area contributed by atoms with Gasteiger partial charge in [0, 0.05) is 12.3 Å². The number of benzene rings is 1. The summed E-state index contributed by atoms with van der Waals surface area (Å²) >= 11 is 0. The van der Waals surface area contributed by atoms with Crippen molar-refractivity contribution in [3.8, 4) is 5.75 Å². The molecule has 0 spiro atoms. The van der Waals surface area contributed by atoms with Gasteiger partial charge in [-0.15, -0.1) is 0 Å². The summed E-state index contributed by atoms with van der Waals surface area (Å²) in [6, 6.07) is 7.80. The van der Waals surface area contributed by atoms with Gasteiger partial charge >= 0.3 is 5.97 Å². The number of ether oxygens (including phenoxy) is 2. The molecule has 3 rings (SSSR count). The largest absolute Gasteiger partial charge is 0.497 e. The van der Waals surface area contributed by atoms with Gasteiger partial charge in [-0.3, -0.25) is 0 Å². The fourth-order valence-electron chi connectivity index (χ4n) is 4.42. The van der Waals surface area contributed by atoms with Crippen LogP contribution in [0.5, 0.6) is 5.75 Å². The lowest BCUT2D eigenvalue weighted by Crippen LogP contribution is -2.61. The first-order valence-electron chi connectivity index (χ1n) is 8.78. The van der Waals surface area contributed by atoms with E-state index in [4.69, 9.17) is 9.47 Å². The number of hydrogen-bond acceptors (Lipinski definition) is 3. The number of carbonyl (C=O) groups is 1. The molecule has 2 aliphatic rings. The van der Waals surface area contributed by atoms with Crippen LogP contribution >= 0.6 is 0 Å². The van der Waals surface area contributed by atoms with E-state index in [-0.39, 0.29) is 5.97 Å². The first-order valence-corrected chi connectivity index (χ1v) is 8.78. The van der Waals surface area contributed by atoms with Crippen molar-refractivity contribution in [1.82, 2.24) is 0 Å². The fourth-order valence-corrected chi connectivity index (χ4v) is 4.42. The van der Waals surface area contributed by atoms with Crippen LogP contribution in [-0.2, 0) is 4.74 Å². The molecule has 0 aliphatic carbocycles. The molecule has 2 saturated heterocycles. The molecule has 2 heterocycles. The van der Waals surface area contributed by atoms with Crippen molar-refractivity contribution in [3.63, 3.8) is 0 Å². The molecule has 23 heavy (non-hydrogen) atoms. The molecule has 1 aromatic carbocycles. The summed E-state index contributed by atoms with van der Waals surface area (Å²) in [7, 11) is 4.01. The predicted molar refractivity (Wildman–Crippen MR) is 89.6 cm³/mol. The quantitative estimate of drug-likeness (QED) is 0.631. The lowest BCUT2D eigenvalue weighted by molar-refractivity contribution is -0.947. The third kappa shape index (κ3) is 3.52. The average Bonchev–Trinajstić information content (AvgIpc) is 2.59. The molecule has 0 bridgehead atoms. The van der Waals surface area contributed by atoms with E-state index in [1.54, 1.807) is 31.4 Å². The van der Waals surface area contributed by atoms with Crippen molar-refractivity contribution in [3.05, 3.63) is 29.8 Å². The Balaban J connectivity index is 1.59. The van der Waals surface area contributed by atoms with Gasteiger partial charge in [-0.25, -0.2) is 4.79 Å². The van der Waals surface area contributed by atoms with Crippen molar-refractivity contribution < 1.29 is 18.8 Å². The van der Waals surface area contributed by atoms with Gasteiger partial charge in [-0.1, -0.05) is 0 Å². The third-order valence-corrected chi connectivity index (χ3v) is 5.76. The van der Waals surface area contributed by atoms with E-state index in [0.717, 1.165) is 5.75 Å². The van der Waals surface area contributed by atoms with Crippen LogP contribution in [-0.4, -0.2) is 50.3 Å². The second kappa shape index (κ2) is 6.91. The number of piperidine rings is 2. The maximum absolute atomic E-state index is 12.3. The molecule has 1 aromatic rings. The number of quaternary nitrogens is 1. The lowest BCUT2D eigenvalue weighted by atomic mass is 9.82. The molecule has 126 valence electrons. The van der Waals surface area contributed by atoms with Crippen LogP contribution in [0.4, 0.5) is 0 Å². The van der Waals surface area contributed by atoms with Crippen LogP contribution in [0.15, 0.2) is 24.3 Å². The number of carbonyl (C=O) groups excluding carboxylic acids is 1. The molecular formula is C19H28NO3+. The Hall–Kier alpha value is -1.55. The smallest absolute Gasteiger partial charge is 0.338 e. The summed E-state index contributed by atoms with van der Waals surface area (Å²) in [4.78, 5) is 12.3. The van der Waals surface area contributed by atoms with E-state index in [0.29, 0.717) is 24.1 Å². The highest BCUT2D eigenvalue weighted by Gasteiger charge is 2.43. The van der Waals surface area contributed by atoms with E-state index in [1.807, 2.05) is 0 Å². The zero-order valence-electron chi connectivity index (χ0n) is 14.3. The van der Waals surface area contributed by atoms with Gasteiger partial charge in [0.05, 0.1) is 38.9 Å². The lowest BCUT2D eigenvalue weighted by Gasteiger charge is -2.51. The topological polar surface area (TPSA) is 35.5 Å². The highest BCUT2D eigenvalue weighted by Crippen LogP contribution is 2.36. The summed E-state index contributed by atoms with van der Waals surface area (Å²) in [6.07, 6.45) is 6.38. The van der Waals surface area contributed by atoms with E-state index in [1.165, 1.54) is 49.7 Å². The second-order valence-electron chi connectivity index (χ2n) is 7.22. The number of nitrogens with zero attached hydrogens (tertiary/aromatic N) is 1. The maximum Gasteiger partial charge on any atom is 0.338 e. The van der Waals surface area contributed by atoms with Gasteiger partial charge in [0.2, 0.25) is 0 Å². The Morgan fingerprint density at radius 2 is 1.87 bits per heavy atom. The summed E-state index contributed by atoms with van der Waals surface area (Å²) in [5.74, 6) is 1.04. The van der Waals surface area contributed by atoms with E-state index >= 15 is 0 Å². The van der Waals surface area contributed by atoms with Crippen molar-refractivity contribution in [2.75, 3.05) is 33.9 Å². The van der Waals surface area contributed by atoms with Crippen LogP contribution in [0, 0.1) is 5.92 Å². The molecule has 3 atom stereocenters. The first kappa shape index (κ1) is 16.3. The molecule has 2 fully saturated rings. The van der Waals surface area contributed by atoms with Gasteiger partial charge in [0.25, 0.3) is 0 Å². The molecule has 0 radical (unpaired) electrons. The SMILES string of the molecule is COc1ccc(C(=O)OC[C@@H]2CCC[N@@+]3(C)CCCC[C@@H]23)cc1. The molecule has 4 nitrogen and oxygen atoms in total. The van der Waals surface area contributed by atoms with Crippen molar-refractivity contribution in [2.24, 2.45) is 5.92 Å². The molecule has 0 unspecified atom stereocenters. The second-order valence-corrected chi connectivity index (χ2v) is 7.22. The van der Waals surface area contributed by atoms with E-state index < -0.39 is 0 Å². The van der Waals surface area contributed by atoms with Gasteiger partial charge in [-0.05, 0) is 49.9 Å². The van der Waals surface area contributed by atoms with Crippen molar-refractivity contribution in [2.45, 2.75) is 38.1 Å². The number of rotatable bonds is 4. The summed E-state index contributed by atoms with van der Waals surface area (Å²) in [5, 5.41) is 0. The summed E-state index contributed by atoms with van der Waals surface area (Å²) in [6.45, 7) is 3.13. The average molecular weight is 318 g/mol. The molecular weight excluding hydrogens is 290 g/mol. The minimum absolute atomic E-state index is 0.219. The number of fused-ring (bicyclic) bond motifs is 1. The minimum atomic E-state index is -0.219. The monoisotopic (exact) mass is 318 g/mol. The normalized spacial score (nSPS) is 30.3. The van der Waals surface area contributed by atoms with Crippen LogP contribution in [0.1, 0.15) is 42.5 Å². The summed E-state index contributed by atoms with van der Waals surface area (Å²) < 4.78 is 12.0. The molecule has 2 aliphatic heterocycles. The van der Waals surface area contributed by atoms with Crippen molar-refractivity contribution in [1.29, 1.82) is 0 Å². The maximum atomic E-state index is 12.3. The number of esters is 1. The Bertz CT molecular complexity index is 538. The molecule has 0 aromatic heterocycles. The fraction of sp³-hybridized carbons (Fsp3) is 0.632. The van der Waals surface area contributed by atoms with Gasteiger partial charge in [0.15, 0.2) is 0 Å². The Kier molecular flexibility index (Phi) is 4.90. The van der Waals surface area contributed by atoms with E-state index in [2.05, 4.69) is 7.05 Å².